The molecule has 3 aromatic rings. The molecule has 0 unspecified atom stereocenters. The van der Waals surface area contributed by atoms with Crippen molar-refractivity contribution in [2.24, 2.45) is 0 Å². The molecule has 0 atom stereocenters. The van der Waals surface area contributed by atoms with Crippen LogP contribution in [0, 0.1) is 0 Å². The van der Waals surface area contributed by atoms with Gasteiger partial charge in [-0.2, -0.15) is 0 Å². The van der Waals surface area contributed by atoms with Crippen LogP contribution in [0.15, 0.2) is 54.6 Å². The molecule has 0 spiro atoms. The number of anilines is 1. The first-order valence-electron chi connectivity index (χ1n) is 5.78. The van der Waals surface area contributed by atoms with E-state index >= 15 is 0 Å². The van der Waals surface area contributed by atoms with Crippen LogP contribution in [0.3, 0.4) is 0 Å². The van der Waals surface area contributed by atoms with E-state index in [0.717, 1.165) is 16.5 Å². The number of hydrogen-bond donors (Lipinski definition) is 1. The van der Waals surface area contributed by atoms with Crippen molar-refractivity contribution in [3.63, 3.8) is 0 Å². The minimum Gasteiger partial charge on any atom is -0.321 e. The quantitative estimate of drug-likeness (QED) is 0.720. The fourth-order valence-corrected chi connectivity index (χ4v) is 2.89. The second-order valence-electron chi connectivity index (χ2n) is 4.08. The molecule has 2 aromatic carbocycles. The molecule has 2 nitrogen and oxygen atoms in total. The molecule has 3 rings (SSSR count). The number of halogens is 1. The number of carbonyl (C=O) groups is 1. The second kappa shape index (κ2) is 5.03. The fraction of sp³-hybridized carbons (Fsp3) is 0. The molecule has 1 amide bonds. The second-order valence-corrected chi connectivity index (χ2v) is 5.80. The Labute approximate surface area is 119 Å². The van der Waals surface area contributed by atoms with Gasteiger partial charge in [0.05, 0.1) is 9.21 Å². The lowest BCUT2D eigenvalue weighted by atomic mass is 10.1. The highest BCUT2D eigenvalue weighted by Gasteiger charge is 2.10. The average molecular weight is 288 g/mol. The molecule has 0 fully saturated rings. The van der Waals surface area contributed by atoms with Gasteiger partial charge in [0.15, 0.2) is 0 Å². The number of amides is 1. The Kier molecular flexibility index (Phi) is 3.23. The zero-order valence-corrected chi connectivity index (χ0v) is 11.5. The zero-order valence-electron chi connectivity index (χ0n) is 9.89. The highest BCUT2D eigenvalue weighted by atomic mass is 35.5. The summed E-state index contributed by atoms with van der Waals surface area (Å²) in [7, 11) is 0. The Hall–Kier alpha value is -1.84. The Balaban J connectivity index is 1.95. The summed E-state index contributed by atoms with van der Waals surface area (Å²) in [6.45, 7) is 0. The molecule has 19 heavy (non-hydrogen) atoms. The van der Waals surface area contributed by atoms with Crippen LogP contribution < -0.4 is 5.32 Å². The molecule has 0 aliphatic heterocycles. The molecule has 0 saturated heterocycles. The lowest BCUT2D eigenvalue weighted by Crippen LogP contribution is -2.10. The molecule has 0 saturated carbocycles. The molecular weight excluding hydrogens is 278 g/mol. The minimum absolute atomic E-state index is 0.131. The minimum atomic E-state index is -0.131. The highest BCUT2D eigenvalue weighted by Crippen LogP contribution is 2.26. The van der Waals surface area contributed by atoms with E-state index < -0.39 is 0 Å². The van der Waals surface area contributed by atoms with Crippen molar-refractivity contribution in [3.8, 4) is 0 Å². The summed E-state index contributed by atoms with van der Waals surface area (Å²) in [5, 5.41) is 5.06. The maximum absolute atomic E-state index is 12.1. The van der Waals surface area contributed by atoms with Crippen LogP contribution in [0.2, 0.25) is 4.34 Å². The molecule has 0 aliphatic carbocycles. The van der Waals surface area contributed by atoms with Gasteiger partial charge in [-0.05, 0) is 23.6 Å². The van der Waals surface area contributed by atoms with E-state index in [-0.39, 0.29) is 5.91 Å². The van der Waals surface area contributed by atoms with Crippen molar-refractivity contribution in [2.45, 2.75) is 0 Å². The molecule has 0 bridgehead atoms. The van der Waals surface area contributed by atoms with Crippen LogP contribution in [-0.4, -0.2) is 5.91 Å². The van der Waals surface area contributed by atoms with Crippen LogP contribution in [0.1, 0.15) is 9.67 Å². The summed E-state index contributed by atoms with van der Waals surface area (Å²) in [5.41, 5.74) is 0.813. The third-order valence-corrected chi connectivity index (χ3v) is 4.06. The number of rotatable bonds is 2. The van der Waals surface area contributed by atoms with Gasteiger partial charge in [0.25, 0.3) is 5.91 Å². The van der Waals surface area contributed by atoms with Gasteiger partial charge in [-0.25, -0.2) is 0 Å². The lowest BCUT2D eigenvalue weighted by molar-refractivity contribution is 0.103. The molecule has 4 heteroatoms. The molecular formula is C15H10ClNOS. The van der Waals surface area contributed by atoms with Crippen LogP contribution in [-0.2, 0) is 0 Å². The first kappa shape index (κ1) is 12.2. The van der Waals surface area contributed by atoms with Crippen molar-refractivity contribution >= 4 is 45.3 Å². The first-order valence-corrected chi connectivity index (χ1v) is 6.98. The van der Waals surface area contributed by atoms with E-state index in [1.165, 1.54) is 11.3 Å². The van der Waals surface area contributed by atoms with Crippen molar-refractivity contribution in [2.75, 3.05) is 5.32 Å². The van der Waals surface area contributed by atoms with E-state index in [1.54, 1.807) is 12.1 Å². The van der Waals surface area contributed by atoms with Gasteiger partial charge in [-0.15, -0.1) is 11.3 Å². The van der Waals surface area contributed by atoms with Gasteiger partial charge < -0.3 is 5.32 Å². The predicted octanol–water partition coefficient (Wildman–Crippen LogP) is 4.81. The molecule has 1 aromatic heterocycles. The third-order valence-electron chi connectivity index (χ3n) is 2.83. The van der Waals surface area contributed by atoms with Crippen LogP contribution in [0.4, 0.5) is 5.69 Å². The Morgan fingerprint density at radius 1 is 1.00 bits per heavy atom. The Morgan fingerprint density at radius 2 is 1.79 bits per heavy atom. The summed E-state index contributed by atoms with van der Waals surface area (Å²) in [4.78, 5) is 12.7. The van der Waals surface area contributed by atoms with E-state index in [2.05, 4.69) is 5.32 Å². The summed E-state index contributed by atoms with van der Waals surface area (Å²) < 4.78 is 0.614. The topological polar surface area (TPSA) is 29.1 Å². The van der Waals surface area contributed by atoms with Crippen molar-refractivity contribution in [1.82, 2.24) is 0 Å². The van der Waals surface area contributed by atoms with Gasteiger partial charge >= 0.3 is 0 Å². The van der Waals surface area contributed by atoms with Gasteiger partial charge in [0, 0.05) is 11.1 Å². The number of thiophene rings is 1. The Bertz CT molecular complexity index is 745. The molecule has 0 radical (unpaired) electrons. The van der Waals surface area contributed by atoms with Crippen molar-refractivity contribution < 1.29 is 4.79 Å². The SMILES string of the molecule is O=C(Nc1cccc2ccccc12)c1ccc(Cl)s1. The summed E-state index contributed by atoms with van der Waals surface area (Å²) >= 11 is 7.11. The molecule has 94 valence electrons. The number of nitrogens with one attached hydrogen (secondary N) is 1. The number of benzene rings is 2. The van der Waals surface area contributed by atoms with E-state index in [4.69, 9.17) is 11.6 Å². The monoisotopic (exact) mass is 287 g/mol. The van der Waals surface area contributed by atoms with E-state index in [9.17, 15) is 4.79 Å². The molecule has 1 N–H and O–H groups in total. The van der Waals surface area contributed by atoms with Crippen LogP contribution in [0.5, 0.6) is 0 Å². The maximum atomic E-state index is 12.1. The average Bonchev–Trinajstić information content (AvgIpc) is 2.86. The largest absolute Gasteiger partial charge is 0.321 e. The standard InChI is InChI=1S/C15H10ClNOS/c16-14-9-8-13(19-14)15(18)17-12-7-3-5-10-4-1-2-6-11(10)12/h1-9H,(H,17,18). The van der Waals surface area contributed by atoms with E-state index in [1.807, 2.05) is 42.5 Å². The van der Waals surface area contributed by atoms with E-state index in [0.29, 0.717) is 9.21 Å². The predicted molar refractivity (Wildman–Crippen MR) is 81.2 cm³/mol. The third kappa shape index (κ3) is 2.48. The lowest BCUT2D eigenvalue weighted by Gasteiger charge is -2.07. The van der Waals surface area contributed by atoms with Gasteiger partial charge in [0.2, 0.25) is 0 Å². The molecule has 1 heterocycles. The number of carbonyl (C=O) groups excluding carboxylic acids is 1. The van der Waals surface area contributed by atoms with Gasteiger partial charge in [0.1, 0.15) is 0 Å². The van der Waals surface area contributed by atoms with Crippen molar-refractivity contribution in [1.29, 1.82) is 0 Å². The molecule has 0 aliphatic rings. The van der Waals surface area contributed by atoms with Crippen molar-refractivity contribution in [3.05, 3.63) is 63.8 Å². The summed E-state index contributed by atoms with van der Waals surface area (Å²) in [5.74, 6) is -0.131. The fourth-order valence-electron chi connectivity index (χ4n) is 1.95. The smallest absolute Gasteiger partial charge is 0.265 e. The summed E-state index contributed by atoms with van der Waals surface area (Å²) in [6.07, 6.45) is 0. The number of fused-ring (bicyclic) bond motifs is 1. The number of hydrogen-bond acceptors (Lipinski definition) is 2. The van der Waals surface area contributed by atoms with Crippen LogP contribution >= 0.6 is 22.9 Å². The van der Waals surface area contributed by atoms with Gasteiger partial charge in [-0.1, -0.05) is 48.0 Å². The first-order chi connectivity index (χ1) is 9.24. The zero-order chi connectivity index (χ0) is 13.2. The van der Waals surface area contributed by atoms with Gasteiger partial charge in [-0.3, -0.25) is 4.79 Å². The van der Waals surface area contributed by atoms with Crippen LogP contribution in [0.25, 0.3) is 10.8 Å². The highest BCUT2D eigenvalue weighted by molar-refractivity contribution is 7.18. The summed E-state index contributed by atoms with van der Waals surface area (Å²) in [6, 6.07) is 17.3. The maximum Gasteiger partial charge on any atom is 0.265 e. The Morgan fingerprint density at radius 3 is 2.58 bits per heavy atom. The normalized spacial score (nSPS) is 10.6.